The van der Waals surface area contributed by atoms with Gasteiger partial charge in [-0.2, -0.15) is 0 Å². The molecular formula is C47H84N2O13. The molecule has 0 aromatic rings. The molecule has 0 saturated heterocycles. The topological polar surface area (TPSA) is 221 Å². The van der Waals surface area contributed by atoms with Crippen LogP contribution in [0.3, 0.4) is 0 Å². The van der Waals surface area contributed by atoms with Crippen LogP contribution in [0.25, 0.3) is 0 Å². The molecule has 0 aliphatic heterocycles. The normalized spacial score (nSPS) is 12.2. The summed E-state index contributed by atoms with van der Waals surface area (Å²) in [5, 5.41) is 23.8. The first-order chi connectivity index (χ1) is 30.0. The summed E-state index contributed by atoms with van der Waals surface area (Å²) in [5.41, 5.74) is 0. The van der Waals surface area contributed by atoms with Crippen LogP contribution in [0.4, 0.5) is 0 Å². The van der Waals surface area contributed by atoms with Crippen molar-refractivity contribution in [3.63, 3.8) is 0 Å². The Balaban J connectivity index is 3.66. The number of hydrogen-bond acceptors (Lipinski definition) is 11. The Morgan fingerprint density at radius 3 is 1.53 bits per heavy atom. The van der Waals surface area contributed by atoms with Crippen LogP contribution in [0.5, 0.6) is 0 Å². The number of nitrogens with one attached hydrogen (secondary N) is 2. The van der Waals surface area contributed by atoms with Gasteiger partial charge in [-0.25, -0.2) is 0 Å². The van der Waals surface area contributed by atoms with Crippen molar-refractivity contribution < 1.29 is 62.7 Å². The van der Waals surface area contributed by atoms with E-state index in [2.05, 4.69) is 17.6 Å². The van der Waals surface area contributed by atoms with Gasteiger partial charge in [-0.05, 0) is 51.9 Å². The molecule has 15 heteroatoms. The molecule has 0 aliphatic carbocycles. The van der Waals surface area contributed by atoms with Crippen LogP contribution >= 0.6 is 0 Å². The second-order valence-corrected chi connectivity index (χ2v) is 16.4. The van der Waals surface area contributed by atoms with E-state index in [4.69, 9.17) is 24.1 Å². The number of hydrogen-bond donors (Lipinski definition) is 4. The zero-order valence-electron chi connectivity index (χ0n) is 38.5. The second kappa shape index (κ2) is 43.0. The first kappa shape index (κ1) is 58.7. The first-order valence-electron chi connectivity index (χ1n) is 23.8. The standard InChI is InChI=1S/C47H84N2O13/c1-3-21-40(39(2)50)22-18-19-28-48-45(54)38-62-35-32-59-30-20-24-43(52)37-61-34-33-60-31-29-49-44(53)27-26-41(47(57)58)36-42(51)23-16-14-12-10-8-6-4-5-7-9-11-13-15-17-25-46(55)56/h40-41H,3-38H2,1-2H3,(H,48,54)(H,49,53)(H,55,56)(H,57,58)/t40-,41+/m0/s1. The zero-order valence-corrected chi connectivity index (χ0v) is 38.5. The van der Waals surface area contributed by atoms with Crippen molar-refractivity contribution in [2.75, 3.05) is 65.9 Å². The maximum absolute atomic E-state index is 12.4. The lowest BCUT2D eigenvalue weighted by molar-refractivity contribution is -0.144. The largest absolute Gasteiger partial charge is 0.481 e. The van der Waals surface area contributed by atoms with Crippen LogP contribution in [0.15, 0.2) is 0 Å². The number of Topliss-reactive ketones (excluding diaryl/α,β-unsaturated/α-hetero) is 3. The highest BCUT2D eigenvalue weighted by molar-refractivity contribution is 5.84. The Hall–Kier alpha value is -3.27. The molecule has 0 spiro atoms. The maximum atomic E-state index is 12.4. The molecule has 0 saturated carbocycles. The van der Waals surface area contributed by atoms with E-state index in [9.17, 15) is 38.7 Å². The van der Waals surface area contributed by atoms with Gasteiger partial charge in [-0.3, -0.25) is 33.6 Å². The molecular weight excluding hydrogens is 801 g/mol. The number of carboxylic acid groups (broad SMARTS) is 2. The van der Waals surface area contributed by atoms with Gasteiger partial charge in [0.2, 0.25) is 11.8 Å². The third-order valence-electron chi connectivity index (χ3n) is 10.7. The number of aliphatic carboxylic acids is 2. The van der Waals surface area contributed by atoms with Gasteiger partial charge in [-0.15, -0.1) is 0 Å². The van der Waals surface area contributed by atoms with Crippen LogP contribution < -0.4 is 10.6 Å². The number of carbonyl (C=O) groups excluding carboxylic acids is 5. The molecule has 0 rings (SSSR count). The molecule has 0 aromatic carbocycles. The zero-order chi connectivity index (χ0) is 45.9. The summed E-state index contributed by atoms with van der Waals surface area (Å²) in [6.45, 7) is 6.11. The Morgan fingerprint density at radius 1 is 0.452 bits per heavy atom. The number of carboxylic acids is 2. The maximum Gasteiger partial charge on any atom is 0.306 e. The van der Waals surface area contributed by atoms with E-state index in [-0.39, 0.29) is 107 Å². The highest BCUT2D eigenvalue weighted by Crippen LogP contribution is 2.18. The SMILES string of the molecule is CCC[C@@H](CCCCNC(=O)COCCOCCCC(=O)COCCOCCNC(=O)CC[C@H](CC(=O)CCCCCCCCCCCCCCCCC(=O)O)C(=O)O)C(C)=O. The first-order valence-corrected chi connectivity index (χ1v) is 23.8. The highest BCUT2D eigenvalue weighted by Gasteiger charge is 2.22. The van der Waals surface area contributed by atoms with E-state index >= 15 is 0 Å². The predicted octanol–water partition coefficient (Wildman–Crippen LogP) is 7.58. The summed E-state index contributed by atoms with van der Waals surface area (Å²) in [4.78, 5) is 82.5. The van der Waals surface area contributed by atoms with Crippen molar-refractivity contribution in [3.05, 3.63) is 0 Å². The number of amides is 2. The molecule has 15 nitrogen and oxygen atoms in total. The smallest absolute Gasteiger partial charge is 0.306 e. The van der Waals surface area contributed by atoms with E-state index in [1.165, 1.54) is 44.9 Å². The van der Waals surface area contributed by atoms with Gasteiger partial charge >= 0.3 is 11.9 Å². The van der Waals surface area contributed by atoms with Crippen LogP contribution in [-0.4, -0.2) is 117 Å². The van der Waals surface area contributed by atoms with Crippen molar-refractivity contribution in [2.45, 2.75) is 181 Å². The molecule has 0 aliphatic rings. The van der Waals surface area contributed by atoms with E-state index in [0.29, 0.717) is 39.0 Å². The number of ketones is 3. The molecule has 0 bridgehead atoms. The highest BCUT2D eigenvalue weighted by atomic mass is 16.5. The van der Waals surface area contributed by atoms with Gasteiger partial charge in [0.05, 0.1) is 39.0 Å². The molecule has 0 fully saturated rings. The van der Waals surface area contributed by atoms with Gasteiger partial charge in [0.1, 0.15) is 24.8 Å². The Kier molecular flexibility index (Phi) is 40.7. The van der Waals surface area contributed by atoms with Crippen LogP contribution in [0.1, 0.15) is 181 Å². The van der Waals surface area contributed by atoms with Gasteiger partial charge in [0.25, 0.3) is 0 Å². The molecule has 0 radical (unpaired) electrons. The molecule has 62 heavy (non-hydrogen) atoms. The number of rotatable bonds is 48. The third-order valence-corrected chi connectivity index (χ3v) is 10.7. The molecule has 2 atom stereocenters. The summed E-state index contributed by atoms with van der Waals surface area (Å²) in [6, 6.07) is 0. The molecule has 0 heterocycles. The summed E-state index contributed by atoms with van der Waals surface area (Å²) in [6.07, 6.45) is 21.3. The van der Waals surface area contributed by atoms with Gasteiger partial charge in [0, 0.05) is 57.7 Å². The fraction of sp³-hybridized carbons (Fsp3) is 0.851. The lowest BCUT2D eigenvalue weighted by Gasteiger charge is -2.12. The van der Waals surface area contributed by atoms with Crippen molar-refractivity contribution in [2.24, 2.45) is 11.8 Å². The Morgan fingerprint density at radius 2 is 0.968 bits per heavy atom. The molecule has 2 amide bonds. The Bertz CT molecular complexity index is 1200. The number of ether oxygens (including phenoxy) is 4. The quantitative estimate of drug-likeness (QED) is 0.0434. The molecule has 4 N–H and O–H groups in total. The van der Waals surface area contributed by atoms with Crippen molar-refractivity contribution >= 4 is 41.1 Å². The van der Waals surface area contributed by atoms with Crippen LogP contribution in [0, 0.1) is 11.8 Å². The van der Waals surface area contributed by atoms with Crippen LogP contribution in [0.2, 0.25) is 0 Å². The summed E-state index contributed by atoms with van der Waals surface area (Å²) >= 11 is 0. The molecule has 360 valence electrons. The molecule has 0 aromatic heterocycles. The summed E-state index contributed by atoms with van der Waals surface area (Å²) in [5.74, 6) is -2.93. The Labute approximate surface area is 372 Å². The summed E-state index contributed by atoms with van der Waals surface area (Å²) in [7, 11) is 0. The fourth-order valence-corrected chi connectivity index (χ4v) is 6.99. The fourth-order valence-electron chi connectivity index (χ4n) is 6.99. The third kappa shape index (κ3) is 40.8. The van der Waals surface area contributed by atoms with Crippen molar-refractivity contribution in [1.29, 1.82) is 0 Å². The average Bonchev–Trinajstić information content (AvgIpc) is 3.23. The minimum absolute atomic E-state index is 0.00725. The second-order valence-electron chi connectivity index (χ2n) is 16.4. The van der Waals surface area contributed by atoms with E-state index in [0.717, 1.165) is 77.0 Å². The van der Waals surface area contributed by atoms with E-state index < -0.39 is 17.9 Å². The van der Waals surface area contributed by atoms with Crippen molar-refractivity contribution in [1.82, 2.24) is 10.6 Å². The number of unbranched alkanes of at least 4 members (excludes halogenated alkanes) is 14. The van der Waals surface area contributed by atoms with Gasteiger partial charge in [-0.1, -0.05) is 96.8 Å². The minimum Gasteiger partial charge on any atom is -0.481 e. The molecule has 0 unspecified atom stereocenters. The van der Waals surface area contributed by atoms with Crippen molar-refractivity contribution in [3.8, 4) is 0 Å². The number of carbonyl (C=O) groups is 7. The lowest BCUT2D eigenvalue weighted by atomic mass is 9.93. The average molecular weight is 885 g/mol. The summed E-state index contributed by atoms with van der Waals surface area (Å²) < 4.78 is 21.6. The predicted molar refractivity (Wildman–Crippen MR) is 238 cm³/mol. The minimum atomic E-state index is -1.07. The van der Waals surface area contributed by atoms with Gasteiger partial charge in [0.15, 0.2) is 5.78 Å². The van der Waals surface area contributed by atoms with E-state index in [1.807, 2.05) is 0 Å². The van der Waals surface area contributed by atoms with E-state index in [1.54, 1.807) is 6.92 Å². The van der Waals surface area contributed by atoms with Gasteiger partial charge < -0.3 is 39.8 Å². The lowest BCUT2D eigenvalue weighted by Crippen LogP contribution is -2.29. The van der Waals surface area contributed by atoms with Crippen LogP contribution in [-0.2, 0) is 52.5 Å². The monoisotopic (exact) mass is 885 g/mol.